The number of aliphatic hydroxyl groups is 2. The van der Waals surface area contributed by atoms with Crippen molar-refractivity contribution in [3.05, 3.63) is 12.7 Å². The third-order valence-corrected chi connectivity index (χ3v) is 13.0. The minimum atomic E-state index is -5.60. The van der Waals surface area contributed by atoms with Gasteiger partial charge < -0.3 is 66.3 Å². The zero-order chi connectivity index (χ0) is 48.8. The number of rotatable bonds is 28. The van der Waals surface area contributed by atoms with Gasteiger partial charge in [0.2, 0.25) is 23.6 Å². The van der Waals surface area contributed by atoms with Crippen LogP contribution in [-0.4, -0.2) is 161 Å². The Balaban J connectivity index is 1.36. The number of hydrogen-bond donors (Lipinski definition) is 11. The molecule has 0 bridgehead atoms. The number of nitrogens with zero attached hydrogens (tertiary/aromatic N) is 4. The molecule has 65 heavy (non-hydrogen) atoms. The summed E-state index contributed by atoms with van der Waals surface area (Å²) in [5.41, 5.74) is 4.22. The fourth-order valence-electron chi connectivity index (χ4n) is 5.76. The lowest BCUT2D eigenvalue weighted by Gasteiger charge is -2.30. The van der Waals surface area contributed by atoms with E-state index in [1.165, 1.54) is 39.6 Å². The van der Waals surface area contributed by atoms with Gasteiger partial charge in [0.25, 0.3) is 0 Å². The van der Waals surface area contributed by atoms with Gasteiger partial charge >= 0.3 is 29.4 Å². The molecule has 29 nitrogen and oxygen atoms in total. The van der Waals surface area contributed by atoms with Gasteiger partial charge in [-0.2, -0.15) is 16.1 Å². The maximum Gasteiger partial charge on any atom is 0.481 e. The van der Waals surface area contributed by atoms with Crippen LogP contribution < -0.4 is 27.0 Å². The molecule has 33 heteroatoms. The largest absolute Gasteiger partial charge is 0.481 e. The summed E-state index contributed by atoms with van der Waals surface area (Å²) >= 11 is 1.26. The first-order valence-electron chi connectivity index (χ1n) is 19.3. The van der Waals surface area contributed by atoms with Crippen LogP contribution in [0.25, 0.3) is 11.2 Å². The van der Waals surface area contributed by atoms with Crippen LogP contribution in [-0.2, 0) is 65.0 Å². The molecule has 3 rings (SSSR count). The van der Waals surface area contributed by atoms with Crippen molar-refractivity contribution in [2.75, 3.05) is 57.2 Å². The first kappa shape index (κ1) is 55.6. The number of unbranched alkanes of at least 4 members (excludes halogenated alkanes) is 1. The van der Waals surface area contributed by atoms with Gasteiger partial charge in [-0.05, 0) is 19.3 Å². The van der Waals surface area contributed by atoms with Crippen molar-refractivity contribution in [3.63, 3.8) is 0 Å². The van der Waals surface area contributed by atoms with Gasteiger partial charge in [0.05, 0.1) is 32.4 Å². The van der Waals surface area contributed by atoms with Crippen molar-refractivity contribution >= 4 is 81.8 Å². The fraction of sp³-hybridized carbons (Fsp3) is 0.688. The molecule has 2 aromatic rings. The molecule has 4 amide bonds. The number of carbonyl (C=O) groups excluding carboxylic acids is 5. The van der Waals surface area contributed by atoms with Crippen molar-refractivity contribution in [2.24, 2.45) is 5.41 Å². The Morgan fingerprint density at radius 2 is 1.65 bits per heavy atom. The monoisotopic (exact) mass is 1010 g/mol. The molecular weight excluding hydrogens is 955 g/mol. The molecule has 0 spiro atoms. The third kappa shape index (κ3) is 18.5. The van der Waals surface area contributed by atoms with Gasteiger partial charge in [-0.3, -0.25) is 37.3 Å². The van der Waals surface area contributed by atoms with Crippen LogP contribution in [0.4, 0.5) is 5.82 Å². The van der Waals surface area contributed by atoms with E-state index in [1.807, 2.05) is 0 Å². The number of thioether (sulfide) groups is 1. The van der Waals surface area contributed by atoms with Crippen LogP contribution >= 0.6 is 35.2 Å². The van der Waals surface area contributed by atoms with Crippen molar-refractivity contribution < 1.29 is 94.8 Å². The molecule has 0 aliphatic carbocycles. The molecule has 2 unspecified atom stereocenters. The standard InChI is InChI=1S/C32H54N9O20P3S/c1-18(42)40-19(31(48)56-4)7-5-6-9-34-22(44)14-65-12-11-35-21(43)8-10-36-29(47)26(46)32(2,3)15-58-64(54,55)61-63(52,53)57-13-20-25(60-62(49,50)51)24(45)30(59-20)41-17-39-23-27(33)37-16-38-28(23)41/h16-17,19-20,24-26,30,45-46H,5-15H2,1-4H3,(H,34,44)(H,35,43)(H,36,47)(H,40,42)(H,52,53)(H,54,55)(H2,33,37,38)(H2,49,50,51)/t19-,20+,24+,25+,26+,30+/m0/s1. The number of hydrogen-bond acceptors (Lipinski definition) is 21. The highest BCUT2D eigenvalue weighted by Crippen LogP contribution is 2.61. The smallest absolute Gasteiger partial charge is 0.467 e. The SMILES string of the molecule is COC(=O)[C@H](CCCCNC(=O)CSCCNC(=O)CCNC(=O)[C@@H](O)C(C)(C)COP(=O)(O)OP(=O)(O)OC[C@H]1O[C@@H](n2cnc3c(N)ncnc32)[C@H](O)[C@@H]1OP(=O)(O)O)NC(C)=O. The fourth-order valence-corrected chi connectivity index (χ4v) is 9.26. The highest BCUT2D eigenvalue weighted by Gasteiger charge is 2.50. The first-order valence-corrected chi connectivity index (χ1v) is 25.0. The zero-order valence-corrected chi connectivity index (χ0v) is 38.9. The number of phosphoric ester groups is 3. The van der Waals surface area contributed by atoms with Crippen LogP contribution in [0.15, 0.2) is 12.7 Å². The van der Waals surface area contributed by atoms with Crippen molar-refractivity contribution in [1.29, 1.82) is 0 Å². The number of esters is 1. The van der Waals surface area contributed by atoms with Gasteiger partial charge in [0, 0.05) is 44.1 Å². The van der Waals surface area contributed by atoms with E-state index in [2.05, 4.69) is 49.8 Å². The summed E-state index contributed by atoms with van der Waals surface area (Å²) in [6, 6.07) is -0.766. The Hall–Kier alpha value is -3.70. The van der Waals surface area contributed by atoms with Gasteiger partial charge in [0.15, 0.2) is 17.7 Å². The minimum absolute atomic E-state index is 0.0198. The Bertz CT molecular complexity index is 2110. The molecule has 368 valence electrons. The van der Waals surface area contributed by atoms with Crippen LogP contribution in [0, 0.1) is 5.41 Å². The summed E-state index contributed by atoms with van der Waals surface area (Å²) in [5, 5.41) is 31.7. The maximum absolute atomic E-state index is 12.7. The molecule has 3 heterocycles. The third-order valence-electron chi connectivity index (χ3n) is 8.98. The van der Waals surface area contributed by atoms with Crippen LogP contribution in [0.1, 0.15) is 52.7 Å². The Morgan fingerprint density at radius 1 is 0.969 bits per heavy atom. The molecule has 12 N–H and O–H groups in total. The van der Waals surface area contributed by atoms with E-state index in [0.717, 1.165) is 17.2 Å². The van der Waals surface area contributed by atoms with Gasteiger partial charge in [0.1, 0.15) is 42.3 Å². The second kappa shape index (κ2) is 24.9. The highest BCUT2D eigenvalue weighted by molar-refractivity contribution is 7.99. The summed E-state index contributed by atoms with van der Waals surface area (Å²) in [5.74, 6) is -2.16. The molecule has 0 radical (unpaired) electrons. The number of aliphatic hydroxyl groups excluding tert-OH is 2. The Morgan fingerprint density at radius 3 is 2.31 bits per heavy atom. The molecule has 8 atom stereocenters. The second-order valence-corrected chi connectivity index (χ2v) is 20.1. The predicted octanol–water partition coefficient (Wildman–Crippen LogP) is -1.90. The molecule has 1 fully saturated rings. The van der Waals surface area contributed by atoms with Gasteiger partial charge in [-0.15, -0.1) is 0 Å². The van der Waals surface area contributed by atoms with E-state index in [0.29, 0.717) is 31.6 Å². The second-order valence-electron chi connectivity index (χ2n) is 14.7. The molecular formula is C32H54N9O20P3S. The Labute approximate surface area is 375 Å². The molecule has 1 aliphatic rings. The van der Waals surface area contributed by atoms with E-state index in [1.54, 1.807) is 0 Å². The number of nitrogen functional groups attached to an aromatic ring is 1. The molecule has 2 aromatic heterocycles. The number of amides is 4. The lowest BCUT2D eigenvalue weighted by atomic mass is 9.87. The minimum Gasteiger partial charge on any atom is -0.467 e. The lowest BCUT2D eigenvalue weighted by Crippen LogP contribution is -2.46. The number of nitrogens with one attached hydrogen (secondary N) is 4. The number of carbonyl (C=O) groups is 5. The van der Waals surface area contributed by atoms with Crippen LogP contribution in [0.3, 0.4) is 0 Å². The normalized spacial score (nSPS) is 20.5. The maximum atomic E-state index is 12.7. The number of nitrogens with two attached hydrogens (primary N) is 1. The summed E-state index contributed by atoms with van der Waals surface area (Å²) in [6.07, 6.45) is -5.60. The van der Waals surface area contributed by atoms with Gasteiger partial charge in [-0.1, -0.05) is 13.8 Å². The van der Waals surface area contributed by atoms with Gasteiger partial charge in [-0.25, -0.2) is 33.4 Å². The van der Waals surface area contributed by atoms with Crippen LogP contribution in [0.5, 0.6) is 0 Å². The number of aromatic nitrogens is 4. The average Bonchev–Trinajstić information content (AvgIpc) is 3.77. The molecule has 1 aliphatic heterocycles. The predicted molar refractivity (Wildman–Crippen MR) is 223 cm³/mol. The van der Waals surface area contributed by atoms with E-state index < -0.39 is 96.6 Å². The average molecular weight is 1010 g/mol. The Kier molecular flexibility index (Phi) is 21.3. The first-order chi connectivity index (χ1) is 30.3. The number of methoxy groups -OCH3 is 1. The van der Waals surface area contributed by atoms with Crippen LogP contribution in [0.2, 0.25) is 0 Å². The molecule has 0 saturated carbocycles. The van der Waals surface area contributed by atoms with Crippen molar-refractivity contribution in [3.8, 4) is 0 Å². The lowest BCUT2D eigenvalue weighted by molar-refractivity contribution is -0.145. The van der Waals surface area contributed by atoms with E-state index in [9.17, 15) is 67.5 Å². The van der Waals surface area contributed by atoms with E-state index >= 15 is 0 Å². The molecule has 0 aromatic carbocycles. The molecule has 1 saturated heterocycles. The zero-order valence-electron chi connectivity index (χ0n) is 35.4. The summed E-state index contributed by atoms with van der Waals surface area (Å²) in [6.45, 7) is 2.03. The number of anilines is 1. The number of phosphoric acid groups is 3. The summed E-state index contributed by atoms with van der Waals surface area (Å²) in [7, 11) is -15.2. The summed E-state index contributed by atoms with van der Waals surface area (Å²) < 4.78 is 66.9. The summed E-state index contributed by atoms with van der Waals surface area (Å²) in [4.78, 5) is 111. The number of fused-ring (bicyclic) bond motifs is 1. The van der Waals surface area contributed by atoms with Crippen molar-refractivity contribution in [2.45, 2.75) is 83.1 Å². The number of ether oxygens (including phenoxy) is 2. The highest BCUT2D eigenvalue weighted by atomic mass is 32.2. The van der Waals surface area contributed by atoms with E-state index in [-0.39, 0.29) is 54.1 Å². The number of imidazole rings is 1. The quantitative estimate of drug-likeness (QED) is 0.0252. The van der Waals surface area contributed by atoms with Crippen molar-refractivity contribution in [1.82, 2.24) is 40.8 Å². The van der Waals surface area contributed by atoms with E-state index in [4.69, 9.17) is 19.5 Å². The topological polar surface area (TPSA) is 431 Å².